The maximum atomic E-state index is 5.56. The van der Waals surface area contributed by atoms with Crippen LogP contribution in [0.25, 0.3) is 0 Å². The van der Waals surface area contributed by atoms with Crippen LogP contribution in [0.2, 0.25) is 0 Å². The minimum atomic E-state index is 0.390. The number of rotatable bonds is 5. The molecule has 0 radical (unpaired) electrons. The van der Waals surface area contributed by atoms with E-state index in [2.05, 4.69) is 5.32 Å². The van der Waals surface area contributed by atoms with Crippen LogP contribution in [0, 0.1) is 0 Å². The van der Waals surface area contributed by atoms with Crippen LogP contribution in [-0.4, -0.2) is 33.0 Å². The molecule has 0 saturated carbocycles. The number of anilines is 1. The molecule has 1 aliphatic rings. The van der Waals surface area contributed by atoms with E-state index in [1.54, 1.807) is 7.11 Å². The molecule has 4 heteroatoms. The second kappa shape index (κ2) is 6.50. The molecule has 1 aromatic rings. The Morgan fingerprint density at radius 3 is 2.94 bits per heavy atom. The average Bonchev–Trinajstić information content (AvgIpc) is 2.41. The molecule has 1 unspecified atom stereocenters. The van der Waals surface area contributed by atoms with Gasteiger partial charge >= 0.3 is 0 Å². The van der Waals surface area contributed by atoms with Crippen molar-refractivity contribution in [2.75, 3.05) is 32.2 Å². The van der Waals surface area contributed by atoms with Gasteiger partial charge in [0.05, 0.1) is 20.3 Å². The fourth-order valence-corrected chi connectivity index (χ4v) is 2.13. The number of benzene rings is 1. The van der Waals surface area contributed by atoms with E-state index in [1.807, 2.05) is 25.1 Å². The van der Waals surface area contributed by atoms with Gasteiger partial charge in [-0.1, -0.05) is 0 Å². The zero-order valence-corrected chi connectivity index (χ0v) is 11.1. The summed E-state index contributed by atoms with van der Waals surface area (Å²) < 4.78 is 16.3. The van der Waals surface area contributed by atoms with Gasteiger partial charge in [-0.15, -0.1) is 0 Å². The van der Waals surface area contributed by atoms with Crippen molar-refractivity contribution >= 4 is 5.69 Å². The van der Waals surface area contributed by atoms with Crippen molar-refractivity contribution in [1.82, 2.24) is 0 Å². The molecular weight excluding hydrogens is 230 g/mol. The maximum absolute atomic E-state index is 5.56. The SMILES string of the molecule is CCOc1cc(NC2CCCOC2)ccc1OC. The second-order valence-electron chi connectivity index (χ2n) is 4.36. The molecule has 1 N–H and O–H groups in total. The molecule has 1 aromatic carbocycles. The van der Waals surface area contributed by atoms with Crippen molar-refractivity contribution in [3.8, 4) is 11.5 Å². The summed E-state index contributed by atoms with van der Waals surface area (Å²) in [4.78, 5) is 0. The highest BCUT2D eigenvalue weighted by Crippen LogP contribution is 2.30. The fraction of sp³-hybridized carbons (Fsp3) is 0.571. The largest absolute Gasteiger partial charge is 0.493 e. The lowest BCUT2D eigenvalue weighted by molar-refractivity contribution is 0.0876. The van der Waals surface area contributed by atoms with E-state index in [1.165, 1.54) is 0 Å². The minimum absolute atomic E-state index is 0.390. The Balaban J connectivity index is 2.05. The summed E-state index contributed by atoms with van der Waals surface area (Å²) in [5, 5.41) is 3.47. The molecule has 0 amide bonds. The third kappa shape index (κ3) is 3.29. The highest BCUT2D eigenvalue weighted by Gasteiger charge is 2.14. The Hall–Kier alpha value is -1.42. The van der Waals surface area contributed by atoms with Gasteiger partial charge in [0, 0.05) is 24.4 Å². The maximum Gasteiger partial charge on any atom is 0.163 e. The molecule has 18 heavy (non-hydrogen) atoms. The molecule has 1 fully saturated rings. The molecule has 100 valence electrons. The number of hydrogen-bond donors (Lipinski definition) is 1. The standard InChI is InChI=1S/C14H21NO3/c1-3-18-14-9-11(6-7-13(14)16-2)15-12-5-4-8-17-10-12/h6-7,9,12,15H,3-5,8,10H2,1-2H3. The summed E-state index contributed by atoms with van der Waals surface area (Å²) in [6.45, 7) is 4.25. The lowest BCUT2D eigenvalue weighted by Gasteiger charge is -2.24. The molecule has 0 aromatic heterocycles. The molecular formula is C14H21NO3. The molecule has 1 saturated heterocycles. The molecule has 0 spiro atoms. The lowest BCUT2D eigenvalue weighted by Crippen LogP contribution is -2.29. The van der Waals surface area contributed by atoms with Gasteiger partial charge in [-0.2, -0.15) is 0 Å². The first-order valence-corrected chi connectivity index (χ1v) is 6.48. The van der Waals surface area contributed by atoms with E-state index in [-0.39, 0.29) is 0 Å². The zero-order valence-electron chi connectivity index (χ0n) is 11.1. The summed E-state index contributed by atoms with van der Waals surface area (Å²) in [5.41, 5.74) is 1.05. The van der Waals surface area contributed by atoms with E-state index in [0.29, 0.717) is 12.6 Å². The Morgan fingerprint density at radius 1 is 1.39 bits per heavy atom. The van der Waals surface area contributed by atoms with Crippen LogP contribution >= 0.6 is 0 Å². The van der Waals surface area contributed by atoms with Gasteiger partial charge in [0.2, 0.25) is 0 Å². The Bertz CT molecular complexity index is 375. The quantitative estimate of drug-likeness (QED) is 0.873. The van der Waals surface area contributed by atoms with Crippen molar-refractivity contribution in [3.05, 3.63) is 18.2 Å². The van der Waals surface area contributed by atoms with Crippen LogP contribution < -0.4 is 14.8 Å². The molecule has 0 aliphatic carbocycles. The zero-order chi connectivity index (χ0) is 12.8. The predicted octanol–water partition coefficient (Wildman–Crippen LogP) is 2.68. The van der Waals surface area contributed by atoms with Gasteiger partial charge < -0.3 is 19.5 Å². The van der Waals surface area contributed by atoms with Gasteiger partial charge in [-0.25, -0.2) is 0 Å². The van der Waals surface area contributed by atoms with E-state index >= 15 is 0 Å². The third-order valence-corrected chi connectivity index (χ3v) is 2.99. The topological polar surface area (TPSA) is 39.7 Å². The van der Waals surface area contributed by atoms with Gasteiger partial charge in [-0.05, 0) is 31.9 Å². The van der Waals surface area contributed by atoms with E-state index in [4.69, 9.17) is 14.2 Å². The molecule has 2 rings (SSSR count). The molecule has 4 nitrogen and oxygen atoms in total. The monoisotopic (exact) mass is 251 g/mol. The van der Waals surface area contributed by atoms with Gasteiger partial charge in [0.1, 0.15) is 0 Å². The highest BCUT2D eigenvalue weighted by molar-refractivity contribution is 5.55. The molecule has 1 atom stereocenters. The predicted molar refractivity (Wildman–Crippen MR) is 71.6 cm³/mol. The van der Waals surface area contributed by atoms with Crippen molar-refractivity contribution in [2.45, 2.75) is 25.8 Å². The van der Waals surface area contributed by atoms with Gasteiger partial charge in [0.25, 0.3) is 0 Å². The minimum Gasteiger partial charge on any atom is -0.493 e. The first-order chi connectivity index (χ1) is 8.83. The normalized spacial score (nSPS) is 19.3. The first kappa shape index (κ1) is 13.0. The van der Waals surface area contributed by atoms with Crippen LogP contribution in [0.3, 0.4) is 0 Å². The number of hydrogen-bond acceptors (Lipinski definition) is 4. The molecule has 1 heterocycles. The summed E-state index contributed by atoms with van der Waals surface area (Å²) in [6.07, 6.45) is 2.27. The van der Waals surface area contributed by atoms with E-state index < -0.39 is 0 Å². The van der Waals surface area contributed by atoms with Gasteiger partial charge in [0.15, 0.2) is 11.5 Å². The highest BCUT2D eigenvalue weighted by atomic mass is 16.5. The number of nitrogens with one attached hydrogen (secondary N) is 1. The van der Waals surface area contributed by atoms with E-state index in [0.717, 1.165) is 43.2 Å². The summed E-state index contributed by atoms with van der Waals surface area (Å²) in [6, 6.07) is 6.31. The van der Waals surface area contributed by atoms with Crippen LogP contribution in [0.1, 0.15) is 19.8 Å². The average molecular weight is 251 g/mol. The third-order valence-electron chi connectivity index (χ3n) is 2.99. The Morgan fingerprint density at radius 2 is 2.28 bits per heavy atom. The summed E-state index contributed by atoms with van der Waals surface area (Å²) >= 11 is 0. The first-order valence-electron chi connectivity index (χ1n) is 6.48. The lowest BCUT2D eigenvalue weighted by atomic mass is 10.1. The van der Waals surface area contributed by atoms with Crippen molar-refractivity contribution in [2.24, 2.45) is 0 Å². The van der Waals surface area contributed by atoms with Gasteiger partial charge in [-0.3, -0.25) is 0 Å². The van der Waals surface area contributed by atoms with Crippen molar-refractivity contribution < 1.29 is 14.2 Å². The Kier molecular flexibility index (Phi) is 4.70. The van der Waals surface area contributed by atoms with Crippen molar-refractivity contribution in [1.29, 1.82) is 0 Å². The summed E-state index contributed by atoms with van der Waals surface area (Å²) in [5.74, 6) is 1.55. The number of methoxy groups -OCH3 is 1. The molecule has 0 bridgehead atoms. The summed E-state index contributed by atoms with van der Waals surface area (Å²) in [7, 11) is 1.65. The van der Waals surface area contributed by atoms with Crippen molar-refractivity contribution in [3.63, 3.8) is 0 Å². The Labute approximate surface area is 108 Å². The van der Waals surface area contributed by atoms with Crippen LogP contribution in [-0.2, 0) is 4.74 Å². The smallest absolute Gasteiger partial charge is 0.163 e. The molecule has 1 aliphatic heterocycles. The number of ether oxygens (including phenoxy) is 3. The van der Waals surface area contributed by atoms with Crippen LogP contribution in [0.5, 0.6) is 11.5 Å². The van der Waals surface area contributed by atoms with Crippen LogP contribution in [0.15, 0.2) is 18.2 Å². The second-order valence-corrected chi connectivity index (χ2v) is 4.36. The van der Waals surface area contributed by atoms with Crippen LogP contribution in [0.4, 0.5) is 5.69 Å². The van der Waals surface area contributed by atoms with E-state index in [9.17, 15) is 0 Å². The fourth-order valence-electron chi connectivity index (χ4n) is 2.13.